The van der Waals surface area contributed by atoms with E-state index in [4.69, 9.17) is 28.9 Å². The summed E-state index contributed by atoms with van der Waals surface area (Å²) < 4.78 is 0. The van der Waals surface area contributed by atoms with E-state index in [1.165, 1.54) is 4.90 Å². The molecule has 3 N–H and O–H groups in total. The zero-order chi connectivity index (χ0) is 13.2. The summed E-state index contributed by atoms with van der Waals surface area (Å²) in [5.41, 5.74) is 6.60. The molecule has 1 atom stereocenters. The highest BCUT2D eigenvalue weighted by atomic mass is 35.5. The molecule has 0 fully saturated rings. The van der Waals surface area contributed by atoms with E-state index in [9.17, 15) is 4.79 Å². The molecule has 1 amide bonds. The van der Waals surface area contributed by atoms with Gasteiger partial charge in [-0.1, -0.05) is 23.2 Å². The summed E-state index contributed by atoms with van der Waals surface area (Å²) in [5, 5.41) is 3.77. The van der Waals surface area contributed by atoms with Gasteiger partial charge in [0.15, 0.2) is 0 Å². The Hall–Kier alpha value is -1.13. The molecule has 1 aromatic carbocycles. The van der Waals surface area contributed by atoms with Crippen LogP contribution in [-0.2, 0) is 4.79 Å². The quantitative estimate of drug-likeness (QED) is 0.834. The smallest absolute Gasteiger partial charge is 0.244 e. The van der Waals surface area contributed by atoms with Gasteiger partial charge < -0.3 is 16.0 Å². The molecule has 1 unspecified atom stereocenters. The number of carbonyl (C=O) groups excluding carboxylic acids is 1. The summed E-state index contributed by atoms with van der Waals surface area (Å²) in [4.78, 5) is 13.2. The van der Waals surface area contributed by atoms with Gasteiger partial charge >= 0.3 is 0 Å². The number of amides is 1. The van der Waals surface area contributed by atoms with Crippen LogP contribution in [0.1, 0.15) is 6.92 Å². The number of carbonyl (C=O) groups is 1. The summed E-state index contributed by atoms with van der Waals surface area (Å²) in [7, 11) is 3.37. The first kappa shape index (κ1) is 13.9. The molecule has 6 heteroatoms. The molecule has 1 aromatic rings. The van der Waals surface area contributed by atoms with Gasteiger partial charge in [-0.15, -0.1) is 0 Å². The predicted octanol–water partition coefficient (Wildman–Crippen LogP) is 2.46. The van der Waals surface area contributed by atoms with Crippen molar-refractivity contribution in [2.24, 2.45) is 0 Å². The van der Waals surface area contributed by atoms with Gasteiger partial charge in [0.1, 0.15) is 6.04 Å². The van der Waals surface area contributed by atoms with E-state index < -0.39 is 6.04 Å². The number of halogens is 2. The molecule has 0 spiro atoms. The molecule has 0 bridgehead atoms. The van der Waals surface area contributed by atoms with Crippen LogP contribution in [0.4, 0.5) is 11.4 Å². The Morgan fingerprint density at radius 2 is 1.82 bits per heavy atom. The molecule has 0 aliphatic heterocycles. The molecular formula is C11H15Cl2N3O. The number of rotatable bonds is 3. The lowest BCUT2D eigenvalue weighted by atomic mass is 10.2. The summed E-state index contributed by atoms with van der Waals surface area (Å²) in [6.07, 6.45) is 0. The lowest BCUT2D eigenvalue weighted by Gasteiger charge is -2.20. The van der Waals surface area contributed by atoms with Gasteiger partial charge in [0.25, 0.3) is 0 Å². The van der Waals surface area contributed by atoms with E-state index in [1.807, 2.05) is 0 Å². The van der Waals surface area contributed by atoms with E-state index >= 15 is 0 Å². The third-order valence-electron chi connectivity index (χ3n) is 2.24. The summed E-state index contributed by atoms with van der Waals surface area (Å²) >= 11 is 12.0. The van der Waals surface area contributed by atoms with Crippen molar-refractivity contribution in [1.82, 2.24) is 4.90 Å². The Morgan fingerprint density at radius 1 is 1.35 bits per heavy atom. The first-order valence-electron chi connectivity index (χ1n) is 5.05. The molecule has 0 saturated carbocycles. The van der Waals surface area contributed by atoms with Crippen LogP contribution in [0.15, 0.2) is 12.1 Å². The Balaban J connectivity index is 2.92. The number of nitrogen functional groups attached to an aromatic ring is 1. The Kier molecular flexibility index (Phi) is 4.48. The largest absolute Gasteiger partial charge is 0.399 e. The molecule has 94 valence electrons. The van der Waals surface area contributed by atoms with Crippen LogP contribution < -0.4 is 11.1 Å². The molecule has 0 aliphatic carbocycles. The van der Waals surface area contributed by atoms with Crippen LogP contribution in [0, 0.1) is 0 Å². The van der Waals surface area contributed by atoms with E-state index in [0.717, 1.165) is 0 Å². The fraction of sp³-hybridized carbons (Fsp3) is 0.364. The molecule has 0 aromatic heterocycles. The Morgan fingerprint density at radius 3 is 2.24 bits per heavy atom. The third kappa shape index (κ3) is 3.41. The first-order chi connectivity index (χ1) is 7.82. The zero-order valence-electron chi connectivity index (χ0n) is 9.92. The predicted molar refractivity (Wildman–Crippen MR) is 72.7 cm³/mol. The van der Waals surface area contributed by atoms with Crippen LogP contribution in [0.2, 0.25) is 10.0 Å². The van der Waals surface area contributed by atoms with Gasteiger partial charge in [0.2, 0.25) is 5.91 Å². The number of nitrogens with one attached hydrogen (secondary N) is 1. The van der Waals surface area contributed by atoms with Crippen molar-refractivity contribution in [1.29, 1.82) is 0 Å². The summed E-state index contributed by atoms with van der Waals surface area (Å²) in [5.74, 6) is -0.0611. The normalized spacial score (nSPS) is 12.1. The van der Waals surface area contributed by atoms with E-state index in [0.29, 0.717) is 21.4 Å². The molecule has 4 nitrogen and oxygen atoms in total. The maximum atomic E-state index is 11.7. The molecule has 0 saturated heterocycles. The highest BCUT2D eigenvalue weighted by molar-refractivity contribution is 6.39. The van der Waals surface area contributed by atoms with Crippen LogP contribution in [0.5, 0.6) is 0 Å². The molecule has 0 aliphatic rings. The second kappa shape index (κ2) is 5.47. The van der Waals surface area contributed by atoms with Gasteiger partial charge in [-0.3, -0.25) is 4.79 Å². The lowest BCUT2D eigenvalue weighted by molar-refractivity contribution is -0.129. The maximum Gasteiger partial charge on any atom is 0.244 e. The Labute approximate surface area is 111 Å². The zero-order valence-corrected chi connectivity index (χ0v) is 11.4. The number of hydrogen-bond donors (Lipinski definition) is 2. The number of benzene rings is 1. The van der Waals surface area contributed by atoms with Crippen molar-refractivity contribution in [3.05, 3.63) is 22.2 Å². The number of anilines is 2. The standard InChI is InChI=1S/C11H15Cl2N3O/c1-6(11(17)16(2)3)15-10-8(12)4-7(14)5-9(10)13/h4-6,15H,14H2,1-3H3. The molecule has 0 heterocycles. The third-order valence-corrected chi connectivity index (χ3v) is 2.83. The Bertz CT molecular complexity index is 412. The number of hydrogen-bond acceptors (Lipinski definition) is 3. The number of likely N-dealkylation sites (N-methyl/N-ethyl adjacent to an activating group) is 1. The van der Waals surface area contributed by atoms with E-state index in [1.54, 1.807) is 33.2 Å². The second-order valence-electron chi connectivity index (χ2n) is 3.96. The second-order valence-corrected chi connectivity index (χ2v) is 4.77. The average molecular weight is 276 g/mol. The summed E-state index contributed by atoms with van der Waals surface area (Å²) in [6, 6.07) is 2.76. The SMILES string of the molecule is CC(Nc1c(Cl)cc(N)cc1Cl)C(=O)N(C)C. The van der Waals surface area contributed by atoms with Crippen molar-refractivity contribution >= 4 is 40.5 Å². The number of nitrogens with two attached hydrogens (primary N) is 1. The molecule has 0 radical (unpaired) electrons. The van der Waals surface area contributed by atoms with Crippen LogP contribution in [0.3, 0.4) is 0 Å². The molecular weight excluding hydrogens is 261 g/mol. The van der Waals surface area contributed by atoms with Gasteiger partial charge in [0, 0.05) is 19.8 Å². The molecule has 1 rings (SSSR count). The van der Waals surface area contributed by atoms with Crippen molar-refractivity contribution in [2.75, 3.05) is 25.1 Å². The van der Waals surface area contributed by atoms with Crippen molar-refractivity contribution < 1.29 is 4.79 Å². The van der Waals surface area contributed by atoms with Crippen LogP contribution in [-0.4, -0.2) is 30.9 Å². The van der Waals surface area contributed by atoms with Crippen molar-refractivity contribution in [2.45, 2.75) is 13.0 Å². The van der Waals surface area contributed by atoms with Crippen molar-refractivity contribution in [3.63, 3.8) is 0 Å². The maximum absolute atomic E-state index is 11.7. The molecule has 17 heavy (non-hydrogen) atoms. The van der Waals surface area contributed by atoms with Crippen LogP contribution in [0.25, 0.3) is 0 Å². The van der Waals surface area contributed by atoms with E-state index in [2.05, 4.69) is 5.32 Å². The minimum atomic E-state index is -0.413. The monoisotopic (exact) mass is 275 g/mol. The fourth-order valence-corrected chi connectivity index (χ4v) is 2.01. The lowest BCUT2D eigenvalue weighted by Crippen LogP contribution is -2.36. The number of nitrogens with zero attached hydrogens (tertiary/aromatic N) is 1. The van der Waals surface area contributed by atoms with Gasteiger partial charge in [-0.25, -0.2) is 0 Å². The van der Waals surface area contributed by atoms with Gasteiger partial charge in [0.05, 0.1) is 15.7 Å². The van der Waals surface area contributed by atoms with E-state index in [-0.39, 0.29) is 5.91 Å². The van der Waals surface area contributed by atoms with Crippen molar-refractivity contribution in [3.8, 4) is 0 Å². The minimum absolute atomic E-state index is 0.0611. The highest BCUT2D eigenvalue weighted by Gasteiger charge is 2.17. The average Bonchev–Trinajstić information content (AvgIpc) is 2.21. The van der Waals surface area contributed by atoms with Crippen LogP contribution >= 0.6 is 23.2 Å². The van der Waals surface area contributed by atoms with Gasteiger partial charge in [-0.05, 0) is 19.1 Å². The summed E-state index contributed by atoms with van der Waals surface area (Å²) in [6.45, 7) is 1.74. The topological polar surface area (TPSA) is 58.4 Å². The van der Waals surface area contributed by atoms with Gasteiger partial charge in [-0.2, -0.15) is 0 Å². The fourth-order valence-electron chi connectivity index (χ4n) is 1.40. The highest BCUT2D eigenvalue weighted by Crippen LogP contribution is 2.33. The first-order valence-corrected chi connectivity index (χ1v) is 5.80. The minimum Gasteiger partial charge on any atom is -0.399 e.